The van der Waals surface area contributed by atoms with E-state index in [-0.39, 0.29) is 80.7 Å². The standard InChI is InChI=1S/2C31H42N2O5.C26H34N2O6.C10H18O2.2CH4/c2*1-7-8-9-10-11-12-21(4)29(34)33-19-31(18-26(33)30(35)37-6)16-15-23-24-17-22(36-5)13-14-25(24)32-27(20(2)3)28(23)38-31;1-15(2)21-22-17(18-12-16(31-6)8-9-19(18)27-21)10-11-26(33-22)13-20(23(29)32-7)28(14-26)24(30)34-25(3,4)5;1-3-4-5-6-7-8-9(2)10(11)12;;/h2*7,13-14,17,20-21,26H,1,8-12,15-16,18-19H2,2-6H3;8-9,12,15,20H,10-11,13-14H2,1-7H3;3,9H,1,4-8H2,2H3,(H,11,12);2*1H4/t21-,26-,31+;21-,26-,31-;20-,26?;9-;;/m0000../s1. The van der Waals surface area contributed by atoms with E-state index in [1.807, 2.05) is 86.7 Å². The molecule has 3 aromatic heterocycles. The zero-order valence-corrected chi connectivity index (χ0v) is 75.9. The Morgan fingerprint density at radius 3 is 1.01 bits per heavy atom. The van der Waals surface area contributed by atoms with E-state index in [2.05, 4.69) is 61.3 Å². The highest BCUT2D eigenvalue weighted by atomic mass is 16.6. The lowest BCUT2D eigenvalue weighted by molar-refractivity contribution is -0.152. The summed E-state index contributed by atoms with van der Waals surface area (Å²) in [6.07, 6.45) is 25.7. The van der Waals surface area contributed by atoms with Crippen LogP contribution in [0.25, 0.3) is 32.7 Å². The number of benzene rings is 3. The van der Waals surface area contributed by atoms with Crippen molar-refractivity contribution in [3.05, 3.63) is 126 Å². The number of allylic oxidation sites excluding steroid dienone is 3. The number of amides is 3. The fourth-order valence-electron chi connectivity index (χ4n) is 17.7. The van der Waals surface area contributed by atoms with E-state index in [0.29, 0.717) is 51.6 Å². The molecule has 24 heteroatoms. The molecule has 0 aliphatic carbocycles. The minimum atomic E-state index is -0.766. The number of aromatic nitrogens is 3. The van der Waals surface area contributed by atoms with Crippen LogP contribution in [0.5, 0.6) is 34.5 Å². The molecule has 0 radical (unpaired) electrons. The summed E-state index contributed by atoms with van der Waals surface area (Å²) in [7, 11) is 9.07. The Hall–Kier alpha value is -10.0. The highest BCUT2D eigenvalue weighted by molar-refractivity contribution is 5.91. The Morgan fingerprint density at radius 2 is 0.742 bits per heavy atom. The van der Waals surface area contributed by atoms with Gasteiger partial charge in [-0.1, -0.05) is 134 Å². The predicted molar refractivity (Wildman–Crippen MR) is 488 cm³/mol. The zero-order valence-electron chi connectivity index (χ0n) is 75.9. The predicted octanol–water partition coefficient (Wildman–Crippen LogP) is 20.7. The molecule has 682 valence electrons. The van der Waals surface area contributed by atoms with Crippen LogP contribution in [0.3, 0.4) is 0 Å². The van der Waals surface area contributed by atoms with E-state index >= 15 is 0 Å². The number of likely N-dealkylation sites (tertiary alicyclic amines) is 3. The molecule has 3 amide bonds. The first-order chi connectivity index (χ1) is 58.1. The van der Waals surface area contributed by atoms with Crippen molar-refractivity contribution >= 4 is 74.5 Å². The number of esters is 3. The topological polar surface area (TPSA) is 280 Å². The highest BCUT2D eigenvalue weighted by Crippen LogP contribution is 2.51. The van der Waals surface area contributed by atoms with Gasteiger partial charge < -0.3 is 62.3 Å². The van der Waals surface area contributed by atoms with Gasteiger partial charge in [-0.3, -0.25) is 19.3 Å². The highest BCUT2D eigenvalue weighted by Gasteiger charge is 2.57. The average molecular weight is 1720 g/mol. The number of hydrogen-bond donors (Lipinski definition) is 1. The molecule has 3 fully saturated rings. The number of ether oxygens (including phenoxy) is 10. The van der Waals surface area contributed by atoms with Crippen molar-refractivity contribution in [3.63, 3.8) is 0 Å². The lowest BCUT2D eigenvalue weighted by atomic mass is 9.86. The van der Waals surface area contributed by atoms with Gasteiger partial charge >= 0.3 is 30.0 Å². The molecule has 1 unspecified atom stereocenters. The first-order valence-electron chi connectivity index (χ1n) is 44.1. The van der Waals surface area contributed by atoms with Crippen molar-refractivity contribution in [2.45, 2.75) is 310 Å². The lowest BCUT2D eigenvalue weighted by Crippen LogP contribution is -2.46. The van der Waals surface area contributed by atoms with Gasteiger partial charge in [0.2, 0.25) is 11.8 Å². The summed E-state index contributed by atoms with van der Waals surface area (Å²) in [5, 5.41) is 11.6. The Kier molecular flexibility index (Phi) is 36.9. The quantitative estimate of drug-likeness (QED) is 0.0190. The van der Waals surface area contributed by atoms with Crippen molar-refractivity contribution < 1.29 is 86.0 Å². The Morgan fingerprint density at radius 1 is 0.452 bits per heavy atom. The molecule has 3 saturated heterocycles. The van der Waals surface area contributed by atoms with E-state index in [4.69, 9.17) is 67.4 Å². The van der Waals surface area contributed by atoms with E-state index < -0.39 is 58.6 Å². The number of unbranched alkanes of at least 4 members (excludes halogenated alkanes) is 9. The zero-order chi connectivity index (χ0) is 89.1. The molecule has 6 aromatic rings. The van der Waals surface area contributed by atoms with Crippen LogP contribution in [0.4, 0.5) is 4.79 Å². The Balaban J connectivity index is 0.000000238. The molecule has 9 atom stereocenters. The maximum Gasteiger partial charge on any atom is 0.411 e. The summed E-state index contributed by atoms with van der Waals surface area (Å²) in [5.74, 6) is 2.66. The van der Waals surface area contributed by atoms with Crippen molar-refractivity contribution in [1.29, 1.82) is 0 Å². The molecule has 6 aliphatic rings. The first-order valence-corrected chi connectivity index (χ1v) is 44.1. The van der Waals surface area contributed by atoms with Gasteiger partial charge in [-0.05, 0) is 189 Å². The van der Waals surface area contributed by atoms with Gasteiger partial charge in [0, 0.05) is 63.9 Å². The van der Waals surface area contributed by atoms with Gasteiger partial charge in [0.15, 0.2) is 0 Å². The third-order valence-electron chi connectivity index (χ3n) is 24.6. The van der Waals surface area contributed by atoms with Crippen LogP contribution >= 0.6 is 0 Å². The second-order valence-corrected chi connectivity index (χ2v) is 36.0. The maximum atomic E-state index is 13.6. The minimum absolute atomic E-state index is 0. The van der Waals surface area contributed by atoms with Crippen LogP contribution in [-0.2, 0) is 67.0 Å². The van der Waals surface area contributed by atoms with Crippen LogP contribution in [0, 0.1) is 17.8 Å². The number of aliphatic carboxylic acids is 1. The number of methoxy groups -OCH3 is 6. The molecule has 12 rings (SSSR count). The van der Waals surface area contributed by atoms with Gasteiger partial charge in [-0.2, -0.15) is 0 Å². The number of pyridine rings is 3. The third kappa shape index (κ3) is 24.4. The van der Waals surface area contributed by atoms with Crippen LogP contribution in [-0.4, -0.2) is 179 Å². The largest absolute Gasteiger partial charge is 0.497 e. The first kappa shape index (κ1) is 101. The van der Waals surface area contributed by atoms with Crippen molar-refractivity contribution in [2.24, 2.45) is 17.8 Å². The summed E-state index contributed by atoms with van der Waals surface area (Å²) >= 11 is 0. The SMILES string of the molecule is C.C.C=CCCCCC[C@H](C)C(=O)N1C[C@@]2(CCc3c(c(C(C)C)nc4ccc(OC)cc34)O2)C[C@H]1C(=O)OC.C=CCCCCC[C@H](C)C(=O)N1C[C@]2(CCc3c(c(C(C)C)nc4ccc(OC)cc34)O2)C[C@H]1C(=O)OC.C=CCCCCC[C@H](C)C(=O)O.COC(=O)[C@@H]1CC2(CCc3c(c(C(C)C)nc4ccc(OC)cc34)O2)CN1C(=O)OC(C)(C)C. The number of fused-ring (bicyclic) bond motifs is 9. The van der Waals surface area contributed by atoms with Crippen molar-refractivity contribution in [3.8, 4) is 34.5 Å². The molecule has 6 aliphatic heterocycles. The molecule has 9 heterocycles. The second kappa shape index (κ2) is 45.2. The molecule has 0 bridgehead atoms. The molecular formula is C100H144N6O18. The number of nitrogens with zero attached hydrogens (tertiary/aromatic N) is 6. The fourth-order valence-corrected chi connectivity index (χ4v) is 17.7. The molecule has 3 aromatic carbocycles. The summed E-state index contributed by atoms with van der Waals surface area (Å²) < 4.78 is 57.7. The smallest absolute Gasteiger partial charge is 0.411 e. The van der Waals surface area contributed by atoms with E-state index in [1.54, 1.807) is 58.8 Å². The van der Waals surface area contributed by atoms with Gasteiger partial charge in [0.1, 0.15) is 75.0 Å². The average Bonchev–Trinajstić information content (AvgIpc) is 1.48. The maximum absolute atomic E-state index is 13.6. The van der Waals surface area contributed by atoms with Crippen LogP contribution in [0.2, 0.25) is 0 Å². The molecule has 3 spiro atoms. The lowest BCUT2D eigenvalue weighted by Gasteiger charge is -2.37. The van der Waals surface area contributed by atoms with E-state index in [9.17, 15) is 33.6 Å². The summed E-state index contributed by atoms with van der Waals surface area (Å²) in [6, 6.07) is 15.7. The normalized spacial score (nSPS) is 20.3. The summed E-state index contributed by atoms with van der Waals surface area (Å²) in [4.78, 5) is 109. The summed E-state index contributed by atoms with van der Waals surface area (Å²) in [5.41, 5.74) is 6.06. The number of carbonyl (C=O) groups excluding carboxylic acids is 6. The molecule has 0 saturated carbocycles. The molecule has 1 N–H and O–H groups in total. The number of carboxylic acids is 1. The Bertz CT molecular complexity index is 4520. The third-order valence-corrected chi connectivity index (χ3v) is 24.6. The molecule has 24 nitrogen and oxygen atoms in total. The van der Waals surface area contributed by atoms with Gasteiger partial charge in [-0.25, -0.2) is 34.1 Å². The van der Waals surface area contributed by atoms with Gasteiger partial charge in [-0.15, -0.1) is 19.7 Å². The van der Waals surface area contributed by atoms with Crippen molar-refractivity contribution in [2.75, 3.05) is 62.3 Å². The monoisotopic (exact) mass is 1720 g/mol. The minimum Gasteiger partial charge on any atom is -0.497 e. The van der Waals surface area contributed by atoms with Crippen LogP contribution in [0.15, 0.2) is 92.6 Å². The van der Waals surface area contributed by atoms with Gasteiger partial charge in [0.25, 0.3) is 0 Å². The van der Waals surface area contributed by atoms with E-state index in [1.165, 1.54) is 26.2 Å². The number of hydrogen-bond acceptors (Lipinski definition) is 20. The number of rotatable bonds is 30. The fraction of sp³-hybridized carbons (Fsp3) is 0.600. The van der Waals surface area contributed by atoms with E-state index in [0.717, 1.165) is 217 Å². The molecule has 124 heavy (non-hydrogen) atoms. The number of aryl methyl sites for hydroxylation is 3. The number of carboxylic acid groups (broad SMARTS) is 1. The van der Waals surface area contributed by atoms with Crippen molar-refractivity contribution in [1.82, 2.24) is 29.7 Å². The van der Waals surface area contributed by atoms with Crippen LogP contribution in [0.1, 0.15) is 284 Å². The second-order valence-electron chi connectivity index (χ2n) is 36.0. The molecular weight excluding hydrogens is 1570 g/mol. The number of carbonyl (C=O) groups is 7. The summed E-state index contributed by atoms with van der Waals surface area (Å²) in [6.45, 7) is 35.9. The Labute approximate surface area is 737 Å². The van der Waals surface area contributed by atoms with Crippen LogP contribution < -0.4 is 28.4 Å². The van der Waals surface area contributed by atoms with Gasteiger partial charge in [0.05, 0.1) is 102 Å².